The van der Waals surface area contributed by atoms with E-state index in [9.17, 15) is 0 Å². The van der Waals surface area contributed by atoms with Crippen LogP contribution in [-0.2, 0) is 11.3 Å². The molecule has 5 rings (SSSR count). The molecule has 0 saturated carbocycles. The van der Waals surface area contributed by atoms with E-state index in [4.69, 9.17) is 9.47 Å². The van der Waals surface area contributed by atoms with Gasteiger partial charge >= 0.3 is 0 Å². The highest BCUT2D eigenvalue weighted by molar-refractivity contribution is 5.39. The third-order valence-corrected chi connectivity index (χ3v) is 6.15. The number of hydrogen-bond donors (Lipinski definition) is 1. The van der Waals surface area contributed by atoms with Crippen molar-refractivity contribution in [3.63, 3.8) is 0 Å². The summed E-state index contributed by atoms with van der Waals surface area (Å²) in [7, 11) is 0. The first kappa shape index (κ1) is 15.4. The number of fused-ring (bicyclic) bond motifs is 3. The summed E-state index contributed by atoms with van der Waals surface area (Å²) in [5, 5.41) is 0. The summed E-state index contributed by atoms with van der Waals surface area (Å²) in [4.78, 5) is 9.78. The van der Waals surface area contributed by atoms with Crippen LogP contribution >= 0.6 is 0 Å². The average molecular weight is 339 g/mol. The Bertz CT molecular complexity index is 765. The summed E-state index contributed by atoms with van der Waals surface area (Å²) >= 11 is 0. The quantitative estimate of drug-likeness (QED) is 0.913. The van der Waals surface area contributed by atoms with Gasteiger partial charge in [-0.15, -0.1) is 0 Å². The first-order valence-corrected chi connectivity index (χ1v) is 9.14. The van der Waals surface area contributed by atoms with E-state index in [1.807, 2.05) is 12.3 Å². The van der Waals surface area contributed by atoms with Gasteiger partial charge in [0.15, 0.2) is 0 Å². The van der Waals surface area contributed by atoms with E-state index in [1.54, 1.807) is 6.33 Å². The number of H-pyrrole nitrogens is 1. The van der Waals surface area contributed by atoms with Crippen molar-refractivity contribution in [3.05, 3.63) is 48.0 Å². The Morgan fingerprint density at radius 1 is 1.28 bits per heavy atom. The van der Waals surface area contributed by atoms with Gasteiger partial charge in [0.1, 0.15) is 11.4 Å². The Labute approximate surface area is 148 Å². The lowest BCUT2D eigenvalue weighted by atomic mass is 9.64. The van der Waals surface area contributed by atoms with Gasteiger partial charge in [-0.05, 0) is 26.3 Å². The average Bonchev–Trinajstić information content (AvgIpc) is 3.06. The number of nitrogens with one attached hydrogen (secondary N) is 1. The Morgan fingerprint density at radius 3 is 2.92 bits per heavy atom. The second-order valence-corrected chi connectivity index (χ2v) is 8.51. The van der Waals surface area contributed by atoms with Crippen LogP contribution in [0.1, 0.15) is 37.6 Å². The molecule has 1 aromatic carbocycles. The molecule has 3 aliphatic heterocycles. The van der Waals surface area contributed by atoms with Crippen LogP contribution in [0.4, 0.5) is 0 Å². The molecular weight excluding hydrogens is 314 g/mol. The van der Waals surface area contributed by atoms with E-state index < -0.39 is 0 Å². The maximum atomic E-state index is 6.46. The number of likely N-dealkylation sites (tertiary alicyclic amines) is 1. The van der Waals surface area contributed by atoms with Crippen molar-refractivity contribution in [1.82, 2.24) is 14.9 Å². The SMILES string of the molecule is CC1(C)Oc2ccccc2[C@H]2OCC3(C[C@@H]21)CN(Cc1cnc[nH]1)C3. The fourth-order valence-corrected chi connectivity index (χ4v) is 4.95. The van der Waals surface area contributed by atoms with Gasteiger partial charge in [0.05, 0.1) is 19.0 Å². The minimum absolute atomic E-state index is 0.159. The number of aromatic nitrogens is 2. The lowest BCUT2D eigenvalue weighted by molar-refractivity contribution is -0.200. The van der Waals surface area contributed by atoms with Crippen LogP contribution in [-0.4, -0.2) is 40.2 Å². The van der Waals surface area contributed by atoms with Crippen LogP contribution < -0.4 is 4.74 Å². The Hall–Kier alpha value is -1.85. The van der Waals surface area contributed by atoms with Crippen molar-refractivity contribution in [3.8, 4) is 5.75 Å². The molecule has 25 heavy (non-hydrogen) atoms. The summed E-state index contributed by atoms with van der Waals surface area (Å²) < 4.78 is 12.8. The smallest absolute Gasteiger partial charge is 0.125 e. The van der Waals surface area contributed by atoms with E-state index in [2.05, 4.69) is 46.9 Å². The molecule has 2 fully saturated rings. The highest BCUT2D eigenvalue weighted by atomic mass is 16.5. The summed E-state index contributed by atoms with van der Waals surface area (Å²) in [6.45, 7) is 8.39. The predicted octanol–water partition coefficient (Wildman–Crippen LogP) is 3.16. The van der Waals surface area contributed by atoms with Crippen molar-refractivity contribution in [2.45, 2.75) is 38.5 Å². The molecule has 0 unspecified atom stereocenters. The van der Waals surface area contributed by atoms with Gasteiger partial charge in [-0.1, -0.05) is 18.2 Å². The highest BCUT2D eigenvalue weighted by Gasteiger charge is 2.55. The van der Waals surface area contributed by atoms with Crippen LogP contribution in [0.5, 0.6) is 5.75 Å². The Kier molecular flexibility index (Phi) is 3.28. The fourth-order valence-electron chi connectivity index (χ4n) is 4.95. The minimum Gasteiger partial charge on any atom is -0.487 e. The zero-order valence-electron chi connectivity index (χ0n) is 14.9. The molecule has 0 radical (unpaired) electrons. The number of rotatable bonds is 2. The summed E-state index contributed by atoms with van der Waals surface area (Å²) in [6.07, 6.45) is 4.98. The van der Waals surface area contributed by atoms with Crippen molar-refractivity contribution < 1.29 is 9.47 Å². The maximum Gasteiger partial charge on any atom is 0.125 e. The number of aromatic amines is 1. The molecule has 0 bridgehead atoms. The predicted molar refractivity (Wildman–Crippen MR) is 94.2 cm³/mol. The Morgan fingerprint density at radius 2 is 2.12 bits per heavy atom. The number of nitrogens with zero attached hydrogens (tertiary/aromatic N) is 2. The number of hydrogen-bond acceptors (Lipinski definition) is 4. The number of benzene rings is 1. The van der Waals surface area contributed by atoms with E-state index in [0.29, 0.717) is 5.92 Å². The van der Waals surface area contributed by atoms with Gasteiger partial charge in [0.25, 0.3) is 0 Å². The molecule has 2 saturated heterocycles. The largest absolute Gasteiger partial charge is 0.487 e. The standard InChI is InChI=1S/C20H25N3O2/c1-19(2)16-7-20(10-23(11-20)9-14-8-21-13-22-14)12-24-18(16)15-5-3-4-6-17(15)25-19/h3-6,8,13,16,18H,7,9-12H2,1-2H3,(H,21,22)/t16-,18+/m0/s1. The van der Waals surface area contributed by atoms with Crippen molar-refractivity contribution in [2.24, 2.45) is 11.3 Å². The van der Waals surface area contributed by atoms with Gasteiger partial charge in [-0.2, -0.15) is 0 Å². The molecule has 1 aromatic heterocycles. The van der Waals surface area contributed by atoms with Crippen LogP contribution in [0.15, 0.2) is 36.8 Å². The third kappa shape index (κ3) is 2.49. The molecule has 3 aliphatic rings. The summed E-state index contributed by atoms with van der Waals surface area (Å²) in [5.74, 6) is 1.38. The highest BCUT2D eigenvalue weighted by Crippen LogP contribution is 2.55. The van der Waals surface area contributed by atoms with Gasteiger partial charge in [0.2, 0.25) is 0 Å². The summed E-state index contributed by atoms with van der Waals surface area (Å²) in [5.41, 5.74) is 2.47. The molecule has 2 aromatic rings. The van der Waals surface area contributed by atoms with Crippen molar-refractivity contribution in [1.29, 1.82) is 0 Å². The van der Waals surface area contributed by atoms with Gasteiger partial charge in [0, 0.05) is 48.4 Å². The van der Waals surface area contributed by atoms with Crippen molar-refractivity contribution >= 4 is 0 Å². The molecule has 1 spiro atoms. The molecule has 5 heteroatoms. The minimum atomic E-state index is -0.198. The van der Waals surface area contributed by atoms with Crippen LogP contribution in [0.2, 0.25) is 0 Å². The lowest BCUT2D eigenvalue weighted by Gasteiger charge is -2.58. The monoisotopic (exact) mass is 339 g/mol. The first-order chi connectivity index (χ1) is 12.0. The van der Waals surface area contributed by atoms with Crippen LogP contribution in [0.25, 0.3) is 0 Å². The molecule has 1 N–H and O–H groups in total. The number of imidazole rings is 1. The van der Waals surface area contributed by atoms with E-state index >= 15 is 0 Å². The maximum absolute atomic E-state index is 6.46. The molecule has 0 aliphatic carbocycles. The molecule has 4 heterocycles. The third-order valence-electron chi connectivity index (χ3n) is 6.15. The van der Waals surface area contributed by atoms with Gasteiger partial charge in [-0.25, -0.2) is 4.98 Å². The van der Waals surface area contributed by atoms with Crippen molar-refractivity contribution in [2.75, 3.05) is 19.7 Å². The van der Waals surface area contributed by atoms with E-state index in [0.717, 1.165) is 32.0 Å². The molecule has 5 nitrogen and oxygen atoms in total. The van der Waals surface area contributed by atoms with Crippen LogP contribution in [0.3, 0.4) is 0 Å². The molecular formula is C20H25N3O2. The molecule has 132 valence electrons. The zero-order valence-corrected chi connectivity index (χ0v) is 14.9. The fraction of sp³-hybridized carbons (Fsp3) is 0.550. The topological polar surface area (TPSA) is 50.4 Å². The van der Waals surface area contributed by atoms with Crippen LogP contribution in [0, 0.1) is 11.3 Å². The molecule has 0 amide bonds. The Balaban J connectivity index is 1.33. The first-order valence-electron chi connectivity index (χ1n) is 9.14. The normalized spacial score (nSPS) is 29.4. The zero-order chi connectivity index (χ0) is 17.1. The second-order valence-electron chi connectivity index (χ2n) is 8.51. The lowest BCUT2D eigenvalue weighted by Crippen LogP contribution is -2.63. The number of ether oxygens (including phenoxy) is 2. The number of para-hydroxylation sites is 1. The van der Waals surface area contributed by atoms with E-state index in [-0.39, 0.29) is 17.1 Å². The van der Waals surface area contributed by atoms with Gasteiger partial charge in [-0.3, -0.25) is 4.90 Å². The second kappa shape index (κ2) is 5.32. The summed E-state index contributed by atoms with van der Waals surface area (Å²) in [6, 6.07) is 8.35. The van der Waals surface area contributed by atoms with Gasteiger partial charge < -0.3 is 14.5 Å². The molecule has 2 atom stereocenters. The van der Waals surface area contributed by atoms with E-state index in [1.165, 1.54) is 17.7 Å².